The summed E-state index contributed by atoms with van der Waals surface area (Å²) in [6, 6.07) is 8.11. The molecule has 0 N–H and O–H groups in total. The quantitative estimate of drug-likeness (QED) is 0.346. The molecular weight excluding hydrogens is 366 g/mol. The van der Waals surface area contributed by atoms with Gasteiger partial charge in [0.25, 0.3) is 0 Å². The number of thiazole rings is 1. The van der Waals surface area contributed by atoms with E-state index in [1.807, 2.05) is 49.1 Å². The first-order valence-electron chi connectivity index (χ1n) is 8.76. The molecule has 0 atom stereocenters. The number of hydrogen-bond acceptors (Lipinski definition) is 5. The normalized spacial score (nSPS) is 11.7. The molecule has 0 saturated carbocycles. The van der Waals surface area contributed by atoms with Gasteiger partial charge in [-0.05, 0) is 44.0 Å². The summed E-state index contributed by atoms with van der Waals surface area (Å²) in [6.45, 7) is 9.50. The van der Waals surface area contributed by atoms with Gasteiger partial charge in [0.1, 0.15) is 10.7 Å². The van der Waals surface area contributed by atoms with E-state index in [-0.39, 0.29) is 0 Å². The van der Waals surface area contributed by atoms with Gasteiger partial charge in [0.2, 0.25) is 0 Å². The summed E-state index contributed by atoms with van der Waals surface area (Å²) >= 11 is 1.62. The van der Waals surface area contributed by atoms with Crippen molar-refractivity contribution in [3.05, 3.63) is 73.0 Å². The van der Waals surface area contributed by atoms with Gasteiger partial charge in [0.15, 0.2) is 0 Å². The van der Waals surface area contributed by atoms with Gasteiger partial charge in [-0.25, -0.2) is 9.97 Å². The maximum atomic E-state index is 4.95. The van der Waals surface area contributed by atoms with E-state index in [1.165, 1.54) is 0 Å². The Kier molecular flexibility index (Phi) is 4.71. The highest BCUT2D eigenvalue weighted by molar-refractivity contribution is 7.18. The number of nitrogens with zero attached hydrogens (tertiary/aromatic N) is 5. The molecule has 0 spiro atoms. The Morgan fingerprint density at radius 1 is 1.29 bits per heavy atom. The van der Waals surface area contributed by atoms with Crippen LogP contribution in [-0.2, 0) is 7.05 Å². The fourth-order valence-corrected chi connectivity index (χ4v) is 4.20. The SMILES string of the molecule is C=C/C=C(\N=C)c1nc(-c2sc(-c3cccnc3)nc2C)cc2ccn(C)c12. The molecule has 138 valence electrons. The number of allylic oxidation sites excluding steroid dienone is 2. The van der Waals surface area contributed by atoms with Crippen LogP contribution >= 0.6 is 11.3 Å². The molecule has 0 saturated heterocycles. The van der Waals surface area contributed by atoms with Crippen LogP contribution in [0.5, 0.6) is 0 Å². The summed E-state index contributed by atoms with van der Waals surface area (Å²) in [5.74, 6) is 0. The zero-order chi connectivity index (χ0) is 19.7. The number of aliphatic imine (C=N–C) groups is 1. The Hall–Kier alpha value is -3.38. The van der Waals surface area contributed by atoms with Crippen LogP contribution in [0.15, 0.2) is 66.6 Å². The van der Waals surface area contributed by atoms with E-state index in [9.17, 15) is 0 Å². The zero-order valence-corrected chi connectivity index (χ0v) is 16.6. The second-order valence-electron chi connectivity index (χ2n) is 6.34. The highest BCUT2D eigenvalue weighted by atomic mass is 32.1. The van der Waals surface area contributed by atoms with Crippen molar-refractivity contribution in [3.8, 4) is 21.1 Å². The number of aromatic nitrogens is 4. The van der Waals surface area contributed by atoms with E-state index in [0.717, 1.165) is 43.4 Å². The van der Waals surface area contributed by atoms with Crippen molar-refractivity contribution in [2.75, 3.05) is 0 Å². The highest BCUT2D eigenvalue weighted by Gasteiger charge is 2.17. The van der Waals surface area contributed by atoms with Gasteiger partial charge >= 0.3 is 0 Å². The second-order valence-corrected chi connectivity index (χ2v) is 7.34. The highest BCUT2D eigenvalue weighted by Crippen LogP contribution is 2.37. The van der Waals surface area contributed by atoms with Gasteiger partial charge < -0.3 is 4.57 Å². The fourth-order valence-electron chi connectivity index (χ4n) is 3.18. The van der Waals surface area contributed by atoms with E-state index in [4.69, 9.17) is 9.97 Å². The van der Waals surface area contributed by atoms with Gasteiger partial charge in [0.05, 0.1) is 27.5 Å². The first kappa shape index (κ1) is 18.0. The predicted molar refractivity (Wildman–Crippen MR) is 118 cm³/mol. The fraction of sp³-hybridized carbons (Fsp3) is 0.0909. The lowest BCUT2D eigenvalue weighted by atomic mass is 10.1. The summed E-state index contributed by atoms with van der Waals surface area (Å²) in [6.07, 6.45) is 9.14. The van der Waals surface area contributed by atoms with Crippen molar-refractivity contribution in [2.45, 2.75) is 6.92 Å². The van der Waals surface area contributed by atoms with E-state index < -0.39 is 0 Å². The molecule has 0 aliphatic carbocycles. The van der Waals surface area contributed by atoms with Gasteiger partial charge in [-0.2, -0.15) is 0 Å². The molecule has 4 rings (SSSR count). The van der Waals surface area contributed by atoms with E-state index in [1.54, 1.807) is 23.6 Å². The lowest BCUT2D eigenvalue weighted by Crippen LogP contribution is -1.97. The minimum atomic E-state index is 0.693. The standard InChI is InChI=1S/C22H19N5S/c1-5-7-17(23-3)19-20-15(9-11-27(20)4)12-18(26-19)21-14(2)25-22(28-21)16-8-6-10-24-13-16/h5-13H,1,3H2,2,4H3/b17-7-. The third-order valence-electron chi connectivity index (χ3n) is 4.48. The molecule has 0 aliphatic heterocycles. The van der Waals surface area contributed by atoms with Crippen LogP contribution < -0.4 is 0 Å². The molecule has 0 fully saturated rings. The first-order chi connectivity index (χ1) is 13.6. The van der Waals surface area contributed by atoms with Crippen molar-refractivity contribution in [1.82, 2.24) is 19.5 Å². The molecule has 5 nitrogen and oxygen atoms in total. The van der Waals surface area contributed by atoms with Crippen LogP contribution in [0.4, 0.5) is 0 Å². The minimum absolute atomic E-state index is 0.693. The van der Waals surface area contributed by atoms with Crippen LogP contribution in [0.2, 0.25) is 0 Å². The third kappa shape index (κ3) is 3.08. The van der Waals surface area contributed by atoms with Crippen LogP contribution in [0.1, 0.15) is 11.4 Å². The molecule has 4 aromatic heterocycles. The average molecular weight is 385 g/mol. The second kappa shape index (κ2) is 7.32. The van der Waals surface area contributed by atoms with E-state index >= 15 is 0 Å². The van der Waals surface area contributed by atoms with E-state index in [0.29, 0.717) is 5.70 Å². The number of pyridine rings is 2. The minimum Gasteiger partial charge on any atom is -0.349 e. The molecule has 4 aromatic rings. The van der Waals surface area contributed by atoms with Crippen LogP contribution in [0.25, 0.3) is 37.7 Å². The van der Waals surface area contributed by atoms with Crippen LogP contribution in [-0.4, -0.2) is 26.2 Å². The molecule has 4 heterocycles. The maximum absolute atomic E-state index is 4.95. The van der Waals surface area contributed by atoms with Gasteiger partial charge in [0, 0.05) is 36.6 Å². The molecule has 28 heavy (non-hydrogen) atoms. The Morgan fingerprint density at radius 3 is 2.86 bits per heavy atom. The molecule has 0 unspecified atom stereocenters. The molecule has 6 heteroatoms. The maximum Gasteiger partial charge on any atom is 0.125 e. The first-order valence-corrected chi connectivity index (χ1v) is 9.58. The Balaban J connectivity index is 1.93. The summed E-state index contributed by atoms with van der Waals surface area (Å²) in [5, 5.41) is 2.03. The summed E-state index contributed by atoms with van der Waals surface area (Å²) in [4.78, 5) is 19.1. The summed E-state index contributed by atoms with van der Waals surface area (Å²) in [7, 11) is 2.00. The third-order valence-corrected chi connectivity index (χ3v) is 5.71. The number of hydrogen-bond donors (Lipinski definition) is 0. The van der Waals surface area contributed by atoms with Gasteiger partial charge in [-0.3, -0.25) is 9.98 Å². The Bertz CT molecular complexity index is 1210. The largest absolute Gasteiger partial charge is 0.349 e. The van der Waals surface area contributed by atoms with Crippen molar-refractivity contribution < 1.29 is 0 Å². The lowest BCUT2D eigenvalue weighted by Gasteiger charge is -2.08. The molecular formula is C22H19N5S. The van der Waals surface area contributed by atoms with Crippen molar-refractivity contribution in [2.24, 2.45) is 12.0 Å². The van der Waals surface area contributed by atoms with Gasteiger partial charge in [-0.1, -0.05) is 12.7 Å². The number of rotatable bonds is 5. The van der Waals surface area contributed by atoms with Crippen molar-refractivity contribution >= 4 is 34.7 Å². The van der Waals surface area contributed by atoms with Crippen molar-refractivity contribution in [3.63, 3.8) is 0 Å². The number of fused-ring (bicyclic) bond motifs is 1. The topological polar surface area (TPSA) is 56.0 Å². The molecule has 0 radical (unpaired) electrons. The molecule has 0 aromatic carbocycles. The Morgan fingerprint density at radius 2 is 2.14 bits per heavy atom. The zero-order valence-electron chi connectivity index (χ0n) is 15.8. The lowest BCUT2D eigenvalue weighted by molar-refractivity contribution is 0.962. The van der Waals surface area contributed by atoms with Crippen molar-refractivity contribution in [1.29, 1.82) is 0 Å². The van der Waals surface area contributed by atoms with Crippen LogP contribution in [0.3, 0.4) is 0 Å². The number of aryl methyl sites for hydroxylation is 2. The predicted octanol–water partition coefficient (Wildman–Crippen LogP) is 5.29. The monoisotopic (exact) mass is 385 g/mol. The average Bonchev–Trinajstić information content (AvgIpc) is 3.29. The van der Waals surface area contributed by atoms with Gasteiger partial charge in [-0.15, -0.1) is 11.3 Å². The molecule has 0 bridgehead atoms. The summed E-state index contributed by atoms with van der Waals surface area (Å²) in [5.41, 5.74) is 5.31. The molecule has 0 amide bonds. The van der Waals surface area contributed by atoms with E-state index in [2.05, 4.69) is 35.4 Å². The summed E-state index contributed by atoms with van der Waals surface area (Å²) < 4.78 is 2.05. The Labute approximate surface area is 167 Å². The smallest absolute Gasteiger partial charge is 0.125 e. The van der Waals surface area contributed by atoms with Crippen LogP contribution in [0, 0.1) is 6.92 Å². The molecule has 0 aliphatic rings.